The van der Waals surface area contributed by atoms with Crippen LogP contribution in [0.5, 0.6) is 0 Å². The molecule has 2 unspecified atom stereocenters. The number of rotatable bonds is 8. The number of nitrogens with one attached hydrogen (secondary N) is 1. The van der Waals surface area contributed by atoms with E-state index in [2.05, 4.69) is 24.1 Å². The minimum atomic E-state index is 0.196. The molecule has 4 heteroatoms. The van der Waals surface area contributed by atoms with Crippen LogP contribution in [-0.4, -0.2) is 43.0 Å². The van der Waals surface area contributed by atoms with E-state index >= 15 is 0 Å². The zero-order valence-electron chi connectivity index (χ0n) is 12.0. The van der Waals surface area contributed by atoms with Gasteiger partial charge in [-0.25, -0.2) is 0 Å². The molecule has 1 aliphatic heterocycles. The van der Waals surface area contributed by atoms with Crippen molar-refractivity contribution in [2.75, 3.05) is 26.2 Å². The first-order valence-electron chi connectivity index (χ1n) is 7.38. The molecule has 1 aliphatic rings. The summed E-state index contributed by atoms with van der Waals surface area (Å²) in [4.78, 5) is 14.2. The number of hydrogen-bond acceptors (Lipinski definition) is 3. The lowest BCUT2D eigenvalue weighted by atomic mass is 10.0. The number of likely N-dealkylation sites (tertiary alicyclic amines) is 1. The van der Waals surface area contributed by atoms with E-state index in [1.807, 2.05) is 0 Å². The molecule has 0 aromatic rings. The first-order valence-corrected chi connectivity index (χ1v) is 7.38. The van der Waals surface area contributed by atoms with E-state index in [1.165, 1.54) is 19.4 Å². The van der Waals surface area contributed by atoms with Gasteiger partial charge in [0.1, 0.15) is 0 Å². The summed E-state index contributed by atoms with van der Waals surface area (Å²) in [6, 6.07) is 0.556. The summed E-state index contributed by atoms with van der Waals surface area (Å²) < 4.78 is 0. The van der Waals surface area contributed by atoms with Gasteiger partial charge in [0.05, 0.1) is 0 Å². The average Bonchev–Trinajstić information content (AvgIpc) is 2.81. The van der Waals surface area contributed by atoms with Gasteiger partial charge in [-0.2, -0.15) is 0 Å². The summed E-state index contributed by atoms with van der Waals surface area (Å²) in [6.07, 6.45) is 5.09. The van der Waals surface area contributed by atoms with Crippen LogP contribution in [0.3, 0.4) is 0 Å². The number of hydrogen-bond donors (Lipinski definition) is 2. The highest BCUT2D eigenvalue weighted by Gasteiger charge is 2.22. The van der Waals surface area contributed by atoms with E-state index < -0.39 is 0 Å². The molecule has 0 radical (unpaired) electrons. The third kappa shape index (κ3) is 5.36. The van der Waals surface area contributed by atoms with Crippen molar-refractivity contribution in [2.45, 2.75) is 52.0 Å². The molecular weight excluding hydrogens is 226 g/mol. The lowest BCUT2D eigenvalue weighted by Gasteiger charge is -2.23. The van der Waals surface area contributed by atoms with Gasteiger partial charge >= 0.3 is 0 Å². The minimum absolute atomic E-state index is 0.196. The number of likely N-dealkylation sites (N-methyl/N-ethyl adjacent to an activating group) is 1. The fraction of sp³-hybridized carbons (Fsp3) is 0.929. The topological polar surface area (TPSA) is 58.4 Å². The van der Waals surface area contributed by atoms with Crippen molar-refractivity contribution in [3.8, 4) is 0 Å². The number of carbonyl (C=O) groups excluding carboxylic acids is 1. The van der Waals surface area contributed by atoms with Crippen molar-refractivity contribution in [3.05, 3.63) is 0 Å². The summed E-state index contributed by atoms with van der Waals surface area (Å²) in [5.41, 5.74) is 5.50. The Hall–Kier alpha value is -0.610. The van der Waals surface area contributed by atoms with Gasteiger partial charge in [0, 0.05) is 19.0 Å². The predicted octanol–water partition coefficient (Wildman–Crippen LogP) is 1.35. The van der Waals surface area contributed by atoms with Crippen LogP contribution in [0.4, 0.5) is 0 Å². The maximum absolute atomic E-state index is 11.7. The van der Waals surface area contributed by atoms with Gasteiger partial charge in [-0.1, -0.05) is 13.8 Å². The summed E-state index contributed by atoms with van der Waals surface area (Å²) >= 11 is 0. The van der Waals surface area contributed by atoms with Crippen molar-refractivity contribution in [2.24, 2.45) is 11.7 Å². The SMILES string of the molecule is CCN1CCCC1CNC(=O)CCC(C)CCN. The Morgan fingerprint density at radius 2 is 2.28 bits per heavy atom. The maximum Gasteiger partial charge on any atom is 0.220 e. The molecule has 1 heterocycles. The second kappa shape index (κ2) is 8.48. The Balaban J connectivity index is 2.13. The molecule has 1 rings (SSSR count). The molecule has 0 aromatic carbocycles. The average molecular weight is 255 g/mol. The Morgan fingerprint density at radius 3 is 2.94 bits per heavy atom. The van der Waals surface area contributed by atoms with E-state index in [1.54, 1.807) is 0 Å². The standard InChI is InChI=1S/C14H29N3O/c1-3-17-10-4-5-13(17)11-16-14(18)7-6-12(2)8-9-15/h12-13H,3-11,15H2,1-2H3,(H,16,18). The highest BCUT2D eigenvalue weighted by atomic mass is 16.1. The number of nitrogens with zero attached hydrogens (tertiary/aromatic N) is 1. The molecule has 1 saturated heterocycles. The highest BCUT2D eigenvalue weighted by molar-refractivity contribution is 5.75. The second-order valence-electron chi connectivity index (χ2n) is 5.45. The van der Waals surface area contributed by atoms with Crippen LogP contribution < -0.4 is 11.1 Å². The number of amides is 1. The van der Waals surface area contributed by atoms with Crippen molar-refractivity contribution >= 4 is 5.91 Å². The summed E-state index contributed by atoms with van der Waals surface area (Å²) in [7, 11) is 0. The third-order valence-electron chi connectivity index (χ3n) is 3.96. The minimum Gasteiger partial charge on any atom is -0.355 e. The van der Waals surface area contributed by atoms with Gasteiger partial charge in [-0.3, -0.25) is 9.69 Å². The van der Waals surface area contributed by atoms with Crippen molar-refractivity contribution in [1.29, 1.82) is 0 Å². The van der Waals surface area contributed by atoms with E-state index in [-0.39, 0.29) is 5.91 Å². The van der Waals surface area contributed by atoms with Gasteiger partial charge in [0.25, 0.3) is 0 Å². The third-order valence-corrected chi connectivity index (χ3v) is 3.96. The smallest absolute Gasteiger partial charge is 0.220 e. The molecular formula is C14H29N3O. The van der Waals surface area contributed by atoms with Crippen LogP contribution in [-0.2, 0) is 4.79 Å². The Morgan fingerprint density at radius 1 is 1.50 bits per heavy atom. The largest absolute Gasteiger partial charge is 0.355 e. The van der Waals surface area contributed by atoms with Crippen LogP contribution >= 0.6 is 0 Å². The lowest BCUT2D eigenvalue weighted by molar-refractivity contribution is -0.121. The van der Waals surface area contributed by atoms with E-state index in [0.29, 0.717) is 18.4 Å². The maximum atomic E-state index is 11.7. The number of carbonyl (C=O) groups is 1. The fourth-order valence-electron chi connectivity index (χ4n) is 2.67. The van der Waals surface area contributed by atoms with Crippen molar-refractivity contribution < 1.29 is 4.79 Å². The van der Waals surface area contributed by atoms with E-state index in [4.69, 9.17) is 5.73 Å². The van der Waals surface area contributed by atoms with Gasteiger partial charge in [-0.05, 0) is 51.2 Å². The van der Waals surface area contributed by atoms with Gasteiger partial charge < -0.3 is 11.1 Å². The molecule has 0 spiro atoms. The molecule has 106 valence electrons. The second-order valence-corrected chi connectivity index (χ2v) is 5.45. The Bertz CT molecular complexity index is 245. The first kappa shape index (κ1) is 15.4. The van der Waals surface area contributed by atoms with Crippen LogP contribution in [0, 0.1) is 5.92 Å². The van der Waals surface area contributed by atoms with Gasteiger partial charge in [0.15, 0.2) is 0 Å². The summed E-state index contributed by atoms with van der Waals surface area (Å²) in [5.74, 6) is 0.751. The normalized spacial score (nSPS) is 22.1. The zero-order chi connectivity index (χ0) is 13.4. The lowest BCUT2D eigenvalue weighted by Crippen LogP contribution is -2.40. The van der Waals surface area contributed by atoms with Crippen LogP contribution in [0.1, 0.15) is 46.0 Å². The molecule has 0 aromatic heterocycles. The summed E-state index contributed by atoms with van der Waals surface area (Å²) in [6.45, 7) is 8.16. The zero-order valence-corrected chi connectivity index (χ0v) is 12.0. The summed E-state index contributed by atoms with van der Waals surface area (Å²) in [5, 5.41) is 3.07. The van der Waals surface area contributed by atoms with Gasteiger partial charge in [-0.15, -0.1) is 0 Å². The molecule has 0 bridgehead atoms. The van der Waals surface area contributed by atoms with Gasteiger partial charge in [0.2, 0.25) is 5.91 Å². The van der Waals surface area contributed by atoms with Crippen LogP contribution in [0.25, 0.3) is 0 Å². The number of nitrogens with two attached hydrogens (primary N) is 1. The Labute approximate surface area is 111 Å². The van der Waals surface area contributed by atoms with E-state index in [0.717, 1.165) is 32.5 Å². The molecule has 3 N–H and O–H groups in total. The molecule has 4 nitrogen and oxygen atoms in total. The molecule has 0 aliphatic carbocycles. The van der Waals surface area contributed by atoms with Crippen molar-refractivity contribution in [3.63, 3.8) is 0 Å². The molecule has 18 heavy (non-hydrogen) atoms. The van der Waals surface area contributed by atoms with Crippen LogP contribution in [0.2, 0.25) is 0 Å². The molecule has 0 saturated carbocycles. The Kier molecular flexibility index (Phi) is 7.28. The molecule has 2 atom stereocenters. The first-order chi connectivity index (χ1) is 8.67. The monoisotopic (exact) mass is 255 g/mol. The molecule has 1 amide bonds. The fourth-order valence-corrected chi connectivity index (χ4v) is 2.67. The highest BCUT2D eigenvalue weighted by Crippen LogP contribution is 2.15. The van der Waals surface area contributed by atoms with Crippen molar-refractivity contribution in [1.82, 2.24) is 10.2 Å². The van der Waals surface area contributed by atoms with Crippen LogP contribution in [0.15, 0.2) is 0 Å². The van der Waals surface area contributed by atoms with E-state index in [9.17, 15) is 4.79 Å². The molecule has 1 fully saturated rings. The predicted molar refractivity (Wildman–Crippen MR) is 75.3 cm³/mol. The quantitative estimate of drug-likeness (QED) is 0.688.